The van der Waals surface area contributed by atoms with Gasteiger partial charge < -0.3 is 14.2 Å². The molecule has 6 heteroatoms. The van der Waals surface area contributed by atoms with Gasteiger partial charge in [0, 0.05) is 31.7 Å². The first-order valence-electron chi connectivity index (χ1n) is 6.77. The Kier molecular flexibility index (Phi) is 3.68. The van der Waals surface area contributed by atoms with E-state index in [4.69, 9.17) is 4.42 Å². The summed E-state index contributed by atoms with van der Waals surface area (Å²) in [5.41, 5.74) is 1.14. The zero-order chi connectivity index (χ0) is 14.7. The van der Waals surface area contributed by atoms with E-state index < -0.39 is 0 Å². The van der Waals surface area contributed by atoms with Crippen molar-refractivity contribution in [1.29, 1.82) is 0 Å². The minimum atomic E-state index is -0.159. The number of aromatic nitrogens is 1. The van der Waals surface area contributed by atoms with Gasteiger partial charge in [0.1, 0.15) is 0 Å². The predicted molar refractivity (Wildman–Crippen MR) is 75.5 cm³/mol. The van der Waals surface area contributed by atoms with Crippen LogP contribution in [0.4, 0.5) is 0 Å². The normalized spacial score (nSPS) is 15.0. The average Bonchev–Trinajstić information content (AvgIpc) is 3.04. The first-order valence-corrected chi connectivity index (χ1v) is 6.77. The van der Waals surface area contributed by atoms with Crippen LogP contribution in [0.3, 0.4) is 0 Å². The smallest absolute Gasteiger partial charge is 0.276 e. The van der Waals surface area contributed by atoms with Gasteiger partial charge in [0.25, 0.3) is 5.91 Å². The fourth-order valence-electron chi connectivity index (χ4n) is 2.37. The topological polar surface area (TPSA) is 66.7 Å². The van der Waals surface area contributed by atoms with Crippen LogP contribution in [0, 0.1) is 0 Å². The summed E-state index contributed by atoms with van der Waals surface area (Å²) in [6, 6.07) is 9.42. The molecule has 0 radical (unpaired) electrons. The van der Waals surface area contributed by atoms with Crippen molar-refractivity contribution in [2.75, 3.05) is 26.2 Å². The van der Waals surface area contributed by atoms with Gasteiger partial charge in [-0.2, -0.15) is 0 Å². The molecule has 1 saturated heterocycles. The second-order valence-corrected chi connectivity index (χ2v) is 4.83. The Hall–Kier alpha value is -2.63. The SMILES string of the molecule is O=CN1CCN(C(=O)c2ncoc2-c2ccccc2)CC1. The van der Waals surface area contributed by atoms with Crippen LogP contribution < -0.4 is 0 Å². The van der Waals surface area contributed by atoms with Crippen LogP contribution in [0.1, 0.15) is 10.5 Å². The Morgan fingerprint density at radius 2 is 1.86 bits per heavy atom. The molecule has 21 heavy (non-hydrogen) atoms. The van der Waals surface area contributed by atoms with E-state index in [0.29, 0.717) is 37.6 Å². The molecule has 6 nitrogen and oxygen atoms in total. The quantitative estimate of drug-likeness (QED) is 0.796. The molecule has 0 aliphatic carbocycles. The van der Waals surface area contributed by atoms with E-state index in [1.165, 1.54) is 6.39 Å². The molecule has 1 aromatic carbocycles. The van der Waals surface area contributed by atoms with Gasteiger partial charge in [0.2, 0.25) is 6.41 Å². The zero-order valence-corrected chi connectivity index (χ0v) is 11.4. The van der Waals surface area contributed by atoms with Crippen molar-refractivity contribution in [3.8, 4) is 11.3 Å². The Morgan fingerprint density at radius 1 is 1.14 bits per heavy atom. The summed E-state index contributed by atoms with van der Waals surface area (Å²) in [5.74, 6) is 0.326. The molecule has 2 aromatic rings. The van der Waals surface area contributed by atoms with E-state index >= 15 is 0 Å². The first-order chi connectivity index (χ1) is 10.3. The van der Waals surface area contributed by atoms with E-state index in [9.17, 15) is 9.59 Å². The van der Waals surface area contributed by atoms with Crippen molar-refractivity contribution in [3.63, 3.8) is 0 Å². The van der Waals surface area contributed by atoms with Crippen molar-refractivity contribution >= 4 is 12.3 Å². The number of hydrogen-bond donors (Lipinski definition) is 0. The molecule has 108 valence electrons. The van der Waals surface area contributed by atoms with Crippen molar-refractivity contribution in [2.45, 2.75) is 0 Å². The number of piperazine rings is 1. The lowest BCUT2D eigenvalue weighted by molar-refractivity contribution is -0.119. The predicted octanol–water partition coefficient (Wildman–Crippen LogP) is 1.26. The molecule has 1 aliphatic heterocycles. The Bertz CT molecular complexity index is 631. The summed E-state index contributed by atoms with van der Waals surface area (Å²) >= 11 is 0. The summed E-state index contributed by atoms with van der Waals surface area (Å²) in [7, 11) is 0. The molecule has 3 rings (SSSR count). The second-order valence-electron chi connectivity index (χ2n) is 4.83. The average molecular weight is 285 g/mol. The third-order valence-electron chi connectivity index (χ3n) is 3.56. The van der Waals surface area contributed by atoms with Crippen LogP contribution >= 0.6 is 0 Å². The highest BCUT2D eigenvalue weighted by atomic mass is 16.3. The van der Waals surface area contributed by atoms with E-state index in [1.807, 2.05) is 30.3 Å². The fraction of sp³-hybridized carbons (Fsp3) is 0.267. The number of oxazole rings is 1. The van der Waals surface area contributed by atoms with Crippen molar-refractivity contribution in [1.82, 2.24) is 14.8 Å². The Balaban J connectivity index is 1.80. The lowest BCUT2D eigenvalue weighted by Crippen LogP contribution is -2.48. The molecular formula is C15H15N3O3. The molecule has 2 amide bonds. The van der Waals surface area contributed by atoms with Crippen molar-refractivity contribution in [3.05, 3.63) is 42.4 Å². The molecule has 1 aliphatic rings. The van der Waals surface area contributed by atoms with E-state index in [0.717, 1.165) is 12.0 Å². The summed E-state index contributed by atoms with van der Waals surface area (Å²) in [6.07, 6.45) is 2.10. The summed E-state index contributed by atoms with van der Waals surface area (Å²) < 4.78 is 5.38. The van der Waals surface area contributed by atoms with Gasteiger partial charge in [0.15, 0.2) is 17.8 Å². The minimum absolute atomic E-state index is 0.159. The van der Waals surface area contributed by atoms with Crippen LogP contribution in [-0.4, -0.2) is 53.3 Å². The number of nitrogens with zero attached hydrogens (tertiary/aromatic N) is 3. The third-order valence-corrected chi connectivity index (χ3v) is 3.56. The van der Waals surface area contributed by atoms with Gasteiger partial charge in [-0.1, -0.05) is 30.3 Å². The van der Waals surface area contributed by atoms with E-state index in [1.54, 1.807) is 9.80 Å². The van der Waals surface area contributed by atoms with Crippen molar-refractivity contribution < 1.29 is 14.0 Å². The highest BCUT2D eigenvalue weighted by Crippen LogP contribution is 2.24. The Labute approximate surface area is 122 Å². The molecule has 0 unspecified atom stereocenters. The largest absolute Gasteiger partial charge is 0.443 e. The van der Waals surface area contributed by atoms with Crippen LogP contribution in [0.15, 0.2) is 41.1 Å². The molecule has 1 aromatic heterocycles. The molecule has 0 saturated carbocycles. The molecule has 2 heterocycles. The van der Waals surface area contributed by atoms with Crippen LogP contribution in [0.25, 0.3) is 11.3 Å². The first kappa shape index (κ1) is 13.4. The molecule has 0 atom stereocenters. The third kappa shape index (κ3) is 2.65. The van der Waals surface area contributed by atoms with Crippen LogP contribution in [0.5, 0.6) is 0 Å². The molecule has 1 fully saturated rings. The van der Waals surface area contributed by atoms with E-state index in [-0.39, 0.29) is 5.91 Å². The number of amides is 2. The number of benzene rings is 1. The van der Waals surface area contributed by atoms with Crippen LogP contribution in [-0.2, 0) is 4.79 Å². The lowest BCUT2D eigenvalue weighted by Gasteiger charge is -2.32. The molecule has 0 N–H and O–H groups in total. The lowest BCUT2D eigenvalue weighted by atomic mass is 10.1. The van der Waals surface area contributed by atoms with Crippen molar-refractivity contribution in [2.24, 2.45) is 0 Å². The second kappa shape index (κ2) is 5.78. The fourth-order valence-corrected chi connectivity index (χ4v) is 2.37. The minimum Gasteiger partial charge on any atom is -0.443 e. The van der Waals surface area contributed by atoms with Gasteiger partial charge in [-0.05, 0) is 0 Å². The maximum Gasteiger partial charge on any atom is 0.276 e. The monoisotopic (exact) mass is 285 g/mol. The number of hydrogen-bond acceptors (Lipinski definition) is 4. The number of carbonyl (C=O) groups is 2. The standard InChI is InChI=1S/C15H15N3O3/c19-11-17-6-8-18(9-7-17)15(20)13-14(21-10-16-13)12-4-2-1-3-5-12/h1-5,10-11H,6-9H2. The number of rotatable bonds is 3. The van der Waals surface area contributed by atoms with Gasteiger partial charge >= 0.3 is 0 Å². The Morgan fingerprint density at radius 3 is 2.52 bits per heavy atom. The zero-order valence-electron chi connectivity index (χ0n) is 11.4. The highest BCUT2D eigenvalue weighted by molar-refractivity contribution is 5.97. The summed E-state index contributed by atoms with van der Waals surface area (Å²) in [5, 5.41) is 0. The van der Waals surface area contributed by atoms with E-state index in [2.05, 4.69) is 4.98 Å². The summed E-state index contributed by atoms with van der Waals surface area (Å²) in [4.78, 5) is 30.7. The molecule has 0 spiro atoms. The van der Waals surface area contributed by atoms with Gasteiger partial charge in [-0.3, -0.25) is 9.59 Å². The maximum atomic E-state index is 12.5. The maximum absolute atomic E-state index is 12.5. The highest BCUT2D eigenvalue weighted by Gasteiger charge is 2.26. The number of carbonyl (C=O) groups excluding carboxylic acids is 2. The molecular weight excluding hydrogens is 270 g/mol. The van der Waals surface area contributed by atoms with Gasteiger partial charge in [-0.15, -0.1) is 0 Å². The van der Waals surface area contributed by atoms with Gasteiger partial charge in [0.05, 0.1) is 0 Å². The van der Waals surface area contributed by atoms with Crippen LogP contribution in [0.2, 0.25) is 0 Å². The summed E-state index contributed by atoms with van der Waals surface area (Å²) in [6.45, 7) is 2.12. The van der Waals surface area contributed by atoms with Gasteiger partial charge in [-0.25, -0.2) is 4.98 Å². The molecule has 0 bridgehead atoms.